The van der Waals surface area contributed by atoms with Gasteiger partial charge in [-0.15, -0.1) is 0 Å². The lowest BCUT2D eigenvalue weighted by Crippen LogP contribution is -2.33. The summed E-state index contributed by atoms with van der Waals surface area (Å²) in [5, 5.41) is 18.2. The number of aromatic nitrogens is 1. The fourth-order valence-corrected chi connectivity index (χ4v) is 2.14. The zero-order chi connectivity index (χ0) is 12.3. The number of aliphatic hydroxyl groups is 1. The number of hydrogen-bond acceptors (Lipinski definition) is 5. The Morgan fingerprint density at radius 1 is 1.71 bits per heavy atom. The van der Waals surface area contributed by atoms with E-state index in [1.54, 1.807) is 25.4 Å². The molecular formula is C12H15N3O2. The molecule has 0 unspecified atom stereocenters. The van der Waals surface area contributed by atoms with Crippen molar-refractivity contribution in [2.45, 2.75) is 18.6 Å². The van der Waals surface area contributed by atoms with Crippen LogP contribution < -0.4 is 4.90 Å². The van der Waals surface area contributed by atoms with Crippen molar-refractivity contribution in [1.29, 1.82) is 5.26 Å². The third-order valence-electron chi connectivity index (χ3n) is 3.09. The maximum Gasteiger partial charge on any atom is 0.130 e. The Morgan fingerprint density at radius 3 is 3.18 bits per heavy atom. The van der Waals surface area contributed by atoms with Gasteiger partial charge in [-0.3, -0.25) is 0 Å². The number of nitriles is 1. The lowest BCUT2D eigenvalue weighted by atomic mass is 10.2. The maximum atomic E-state index is 9.35. The largest absolute Gasteiger partial charge is 0.394 e. The van der Waals surface area contributed by atoms with Crippen LogP contribution in [0.5, 0.6) is 0 Å². The molecule has 0 aliphatic carbocycles. The van der Waals surface area contributed by atoms with Crippen LogP contribution >= 0.6 is 0 Å². The van der Waals surface area contributed by atoms with Crippen LogP contribution in [0.2, 0.25) is 0 Å². The van der Waals surface area contributed by atoms with Gasteiger partial charge >= 0.3 is 0 Å². The third-order valence-corrected chi connectivity index (χ3v) is 3.09. The standard InChI is InChI=1S/C12H15N3O2/c1-17-11-5-10(8-16)15(7-11)12-4-9(6-13)2-3-14-12/h2-4,10-11,16H,5,7-8H2,1H3/t10-,11+/m0/s1. The van der Waals surface area contributed by atoms with Gasteiger partial charge in [-0.05, 0) is 18.6 Å². The summed E-state index contributed by atoms with van der Waals surface area (Å²) in [6, 6.07) is 5.51. The monoisotopic (exact) mass is 233 g/mol. The molecule has 2 atom stereocenters. The van der Waals surface area contributed by atoms with Crippen molar-refractivity contribution >= 4 is 5.82 Å². The van der Waals surface area contributed by atoms with E-state index in [0.29, 0.717) is 12.1 Å². The fourth-order valence-electron chi connectivity index (χ4n) is 2.14. The predicted molar refractivity (Wildman–Crippen MR) is 62.6 cm³/mol. The summed E-state index contributed by atoms with van der Waals surface area (Å²) in [5.41, 5.74) is 0.576. The van der Waals surface area contributed by atoms with E-state index in [2.05, 4.69) is 11.1 Å². The van der Waals surface area contributed by atoms with Crippen LogP contribution in [0, 0.1) is 11.3 Å². The minimum Gasteiger partial charge on any atom is -0.394 e. The van der Waals surface area contributed by atoms with Gasteiger partial charge < -0.3 is 14.7 Å². The SMILES string of the molecule is CO[C@@H]1C[C@@H](CO)N(c2cc(C#N)ccn2)C1. The van der Waals surface area contributed by atoms with Gasteiger partial charge in [0, 0.05) is 19.9 Å². The topological polar surface area (TPSA) is 69.4 Å². The molecule has 2 heterocycles. The zero-order valence-electron chi connectivity index (χ0n) is 9.71. The van der Waals surface area contributed by atoms with E-state index in [4.69, 9.17) is 10.00 Å². The van der Waals surface area contributed by atoms with Crippen LogP contribution in [0.15, 0.2) is 18.3 Å². The van der Waals surface area contributed by atoms with Gasteiger partial charge in [-0.1, -0.05) is 0 Å². The second-order valence-electron chi connectivity index (χ2n) is 4.10. The number of rotatable bonds is 3. The highest BCUT2D eigenvalue weighted by atomic mass is 16.5. The summed E-state index contributed by atoms with van der Waals surface area (Å²) < 4.78 is 5.31. The molecule has 0 bridgehead atoms. The molecule has 1 aromatic rings. The first kappa shape index (κ1) is 11.8. The molecule has 2 rings (SSSR count). The minimum atomic E-state index is 0.0152. The van der Waals surface area contributed by atoms with Crippen molar-refractivity contribution < 1.29 is 9.84 Å². The molecule has 90 valence electrons. The number of nitrogens with zero attached hydrogens (tertiary/aromatic N) is 3. The van der Waals surface area contributed by atoms with Crippen molar-refractivity contribution in [2.24, 2.45) is 0 Å². The molecule has 0 amide bonds. The summed E-state index contributed by atoms with van der Waals surface area (Å²) >= 11 is 0. The Morgan fingerprint density at radius 2 is 2.53 bits per heavy atom. The van der Waals surface area contributed by atoms with Crippen LogP contribution in [0.4, 0.5) is 5.82 Å². The van der Waals surface area contributed by atoms with Gasteiger partial charge in [0.05, 0.1) is 30.4 Å². The molecular weight excluding hydrogens is 218 g/mol. The van der Waals surface area contributed by atoms with Crippen molar-refractivity contribution in [3.05, 3.63) is 23.9 Å². The average Bonchev–Trinajstić information content (AvgIpc) is 2.82. The quantitative estimate of drug-likeness (QED) is 0.825. The Hall–Kier alpha value is -1.64. The summed E-state index contributed by atoms with van der Waals surface area (Å²) in [4.78, 5) is 6.24. The Kier molecular flexibility index (Phi) is 3.57. The Bertz CT molecular complexity index is 430. The van der Waals surface area contributed by atoms with Crippen molar-refractivity contribution in [3.8, 4) is 6.07 Å². The number of anilines is 1. The van der Waals surface area contributed by atoms with Crippen LogP contribution in [0.1, 0.15) is 12.0 Å². The fraction of sp³-hybridized carbons (Fsp3) is 0.500. The highest BCUT2D eigenvalue weighted by molar-refractivity contribution is 5.47. The second kappa shape index (κ2) is 5.13. The summed E-state index contributed by atoms with van der Waals surface area (Å²) in [7, 11) is 1.67. The molecule has 1 N–H and O–H groups in total. The molecule has 0 spiro atoms. The van der Waals surface area contributed by atoms with Crippen LogP contribution in [0.25, 0.3) is 0 Å². The van der Waals surface area contributed by atoms with Crippen molar-refractivity contribution in [1.82, 2.24) is 4.98 Å². The summed E-state index contributed by atoms with van der Waals surface area (Å²) in [6.07, 6.45) is 2.51. The van der Waals surface area contributed by atoms with Crippen LogP contribution in [0.3, 0.4) is 0 Å². The third kappa shape index (κ3) is 2.38. The molecule has 5 heteroatoms. The first-order valence-corrected chi connectivity index (χ1v) is 5.55. The highest BCUT2D eigenvalue weighted by Gasteiger charge is 2.32. The van der Waals surface area contributed by atoms with Gasteiger partial charge in [0.2, 0.25) is 0 Å². The number of pyridine rings is 1. The molecule has 0 saturated carbocycles. The van der Waals surface area contributed by atoms with E-state index in [0.717, 1.165) is 12.2 Å². The van der Waals surface area contributed by atoms with Gasteiger partial charge in [-0.2, -0.15) is 5.26 Å². The minimum absolute atomic E-state index is 0.0152. The first-order valence-electron chi connectivity index (χ1n) is 5.55. The normalized spacial score (nSPS) is 23.7. The van der Waals surface area contributed by atoms with E-state index in [1.807, 2.05) is 4.90 Å². The first-order chi connectivity index (χ1) is 8.28. The lowest BCUT2D eigenvalue weighted by molar-refractivity contribution is 0.115. The molecule has 1 aliphatic rings. The molecule has 1 aliphatic heterocycles. The number of aliphatic hydroxyl groups excluding tert-OH is 1. The molecule has 1 aromatic heterocycles. The lowest BCUT2D eigenvalue weighted by Gasteiger charge is -2.23. The van der Waals surface area contributed by atoms with Crippen molar-refractivity contribution in [3.63, 3.8) is 0 Å². The molecule has 17 heavy (non-hydrogen) atoms. The van der Waals surface area contributed by atoms with Gasteiger partial charge in [0.25, 0.3) is 0 Å². The predicted octanol–water partition coefficient (Wildman–Crippen LogP) is 0.539. The zero-order valence-corrected chi connectivity index (χ0v) is 9.71. The molecule has 5 nitrogen and oxygen atoms in total. The molecule has 1 saturated heterocycles. The van der Waals surface area contributed by atoms with E-state index in [-0.39, 0.29) is 18.8 Å². The number of ether oxygens (including phenoxy) is 1. The number of methoxy groups -OCH3 is 1. The van der Waals surface area contributed by atoms with Gasteiger partial charge in [0.15, 0.2) is 0 Å². The van der Waals surface area contributed by atoms with Crippen molar-refractivity contribution in [2.75, 3.05) is 25.2 Å². The highest BCUT2D eigenvalue weighted by Crippen LogP contribution is 2.25. The van der Waals surface area contributed by atoms with Gasteiger partial charge in [0.1, 0.15) is 5.82 Å². The average molecular weight is 233 g/mol. The Labute approximate surface area is 100 Å². The Balaban J connectivity index is 2.23. The number of hydrogen-bond donors (Lipinski definition) is 1. The van der Waals surface area contributed by atoms with Crippen LogP contribution in [-0.2, 0) is 4.74 Å². The van der Waals surface area contributed by atoms with E-state index >= 15 is 0 Å². The maximum absolute atomic E-state index is 9.35. The summed E-state index contributed by atoms with van der Waals surface area (Å²) in [6.45, 7) is 0.766. The van der Waals surface area contributed by atoms with Gasteiger partial charge in [-0.25, -0.2) is 4.98 Å². The van der Waals surface area contributed by atoms with E-state index in [9.17, 15) is 5.11 Å². The molecule has 0 radical (unpaired) electrons. The van der Waals surface area contributed by atoms with E-state index < -0.39 is 0 Å². The van der Waals surface area contributed by atoms with E-state index in [1.165, 1.54) is 0 Å². The molecule has 0 aromatic carbocycles. The van der Waals surface area contributed by atoms with Crippen LogP contribution in [-0.4, -0.2) is 42.5 Å². The summed E-state index contributed by atoms with van der Waals surface area (Å²) in [5.74, 6) is 0.725. The smallest absolute Gasteiger partial charge is 0.130 e. The molecule has 1 fully saturated rings. The second-order valence-corrected chi connectivity index (χ2v) is 4.10.